The molecule has 1 aliphatic heterocycles. The molecule has 1 N–H and O–H groups in total. The maximum atomic E-state index is 12.9. The van der Waals surface area contributed by atoms with Gasteiger partial charge >= 0.3 is 5.97 Å². The van der Waals surface area contributed by atoms with Gasteiger partial charge < -0.3 is 19.5 Å². The minimum atomic E-state index is -0.543. The molecule has 8 aliphatic rings. The third-order valence-electron chi connectivity index (χ3n) is 9.48. The van der Waals surface area contributed by atoms with Gasteiger partial charge in [-0.1, -0.05) is 0 Å². The molecule has 150 valence electrons. The van der Waals surface area contributed by atoms with Crippen molar-refractivity contribution in [2.24, 2.45) is 46.8 Å². The van der Waals surface area contributed by atoms with Gasteiger partial charge in [0.05, 0.1) is 18.6 Å². The molecule has 1 amide bonds. The minimum absolute atomic E-state index is 0.0700. The van der Waals surface area contributed by atoms with Gasteiger partial charge in [0.25, 0.3) is 5.91 Å². The average Bonchev–Trinajstić information content (AvgIpc) is 3.37. The van der Waals surface area contributed by atoms with E-state index in [1.807, 2.05) is 0 Å². The van der Waals surface area contributed by atoms with E-state index in [-0.39, 0.29) is 42.3 Å². The Morgan fingerprint density at radius 2 is 1.86 bits per heavy atom. The highest BCUT2D eigenvalue weighted by Crippen LogP contribution is 2.92. The predicted molar refractivity (Wildman–Crippen MR) is 92.5 cm³/mol. The van der Waals surface area contributed by atoms with Crippen LogP contribution in [-0.4, -0.2) is 49.3 Å². The Labute approximate surface area is 162 Å². The van der Waals surface area contributed by atoms with Gasteiger partial charge in [0.1, 0.15) is 5.78 Å². The fraction of sp³-hybridized carbons (Fsp3) is 0.857. The zero-order valence-corrected chi connectivity index (χ0v) is 15.7. The molecular weight excluding hydrogens is 362 g/mol. The highest BCUT2D eigenvalue weighted by atomic mass is 16.7. The molecule has 7 nitrogen and oxygen atoms in total. The molecule has 1 heterocycles. The minimum Gasteiger partial charge on any atom is -0.455 e. The Morgan fingerprint density at radius 1 is 1.11 bits per heavy atom. The molecule has 0 radical (unpaired) electrons. The van der Waals surface area contributed by atoms with E-state index < -0.39 is 11.2 Å². The first-order valence-electron chi connectivity index (χ1n) is 10.8. The van der Waals surface area contributed by atoms with Crippen LogP contribution in [0.1, 0.15) is 32.1 Å². The molecule has 1 spiro atoms. The molecule has 8 fully saturated rings. The SMILES string of the molecule is O=C(COC(=O)C12C3C(=O)C4C5CC(C41)C2C53)NC1CCC2(CC1)OCCO2. The number of Topliss-reactive ketones (excluding diaryl/α,β-unsaturated/α-hetero) is 1. The Hall–Kier alpha value is -1.47. The van der Waals surface area contributed by atoms with E-state index in [0.717, 1.165) is 32.1 Å². The van der Waals surface area contributed by atoms with Crippen LogP contribution in [0, 0.1) is 46.8 Å². The summed E-state index contributed by atoms with van der Waals surface area (Å²) >= 11 is 0. The van der Waals surface area contributed by atoms with Crippen molar-refractivity contribution in [3.63, 3.8) is 0 Å². The molecule has 4 bridgehead atoms. The quantitative estimate of drug-likeness (QED) is 0.713. The molecule has 8 rings (SSSR count). The summed E-state index contributed by atoms with van der Waals surface area (Å²) in [7, 11) is 0. The zero-order valence-electron chi connectivity index (χ0n) is 15.7. The van der Waals surface area contributed by atoms with Crippen LogP contribution in [0.4, 0.5) is 0 Å². The summed E-state index contributed by atoms with van der Waals surface area (Å²) in [6.07, 6.45) is 4.30. The second-order valence-electron chi connectivity index (χ2n) is 10.1. The van der Waals surface area contributed by atoms with Crippen LogP contribution >= 0.6 is 0 Å². The van der Waals surface area contributed by atoms with Crippen molar-refractivity contribution >= 4 is 17.7 Å². The van der Waals surface area contributed by atoms with Crippen LogP contribution in [0.5, 0.6) is 0 Å². The van der Waals surface area contributed by atoms with Gasteiger partial charge in [-0.25, -0.2) is 0 Å². The summed E-state index contributed by atoms with van der Waals surface area (Å²) in [5.74, 6) is 1.56. The number of amides is 1. The van der Waals surface area contributed by atoms with Gasteiger partial charge in [-0.05, 0) is 48.9 Å². The smallest absolute Gasteiger partial charge is 0.313 e. The van der Waals surface area contributed by atoms with Crippen molar-refractivity contribution in [1.29, 1.82) is 0 Å². The number of carbonyl (C=O) groups is 3. The Bertz CT molecular complexity index is 795. The monoisotopic (exact) mass is 387 g/mol. The first-order valence-corrected chi connectivity index (χ1v) is 10.8. The van der Waals surface area contributed by atoms with Gasteiger partial charge in [0.15, 0.2) is 12.4 Å². The van der Waals surface area contributed by atoms with E-state index in [0.29, 0.717) is 42.7 Å². The maximum Gasteiger partial charge on any atom is 0.313 e. The van der Waals surface area contributed by atoms with E-state index in [2.05, 4.69) is 5.32 Å². The molecule has 28 heavy (non-hydrogen) atoms. The normalized spacial score (nSPS) is 50.7. The number of hydrogen-bond donors (Lipinski definition) is 1. The summed E-state index contributed by atoms with van der Waals surface area (Å²) in [5.41, 5.74) is -0.543. The standard InChI is InChI=1S/C21H25NO6/c23-12(22-9-1-3-20(4-2-9)27-5-6-28-20)8-26-19(25)21-15-11-7-10-13(15)17(21)18(24)14(10)16(11)21/h9-11,13-17H,1-8H2,(H,22,23). The predicted octanol–water partition coefficient (Wildman–Crippen LogP) is 0.659. The van der Waals surface area contributed by atoms with E-state index in [1.54, 1.807) is 0 Å². The number of esters is 1. The maximum absolute atomic E-state index is 12.9. The first kappa shape index (κ1) is 16.3. The van der Waals surface area contributed by atoms with Crippen molar-refractivity contribution < 1.29 is 28.6 Å². The molecule has 8 unspecified atom stereocenters. The largest absolute Gasteiger partial charge is 0.455 e. The topological polar surface area (TPSA) is 90.9 Å². The van der Waals surface area contributed by atoms with Gasteiger partial charge in [0.2, 0.25) is 0 Å². The summed E-state index contributed by atoms with van der Waals surface area (Å²) in [4.78, 5) is 37.8. The number of nitrogens with one attached hydrogen (secondary N) is 1. The lowest BCUT2D eigenvalue weighted by molar-refractivity contribution is -0.264. The highest BCUT2D eigenvalue weighted by Gasteiger charge is 2.96. The number of carbonyl (C=O) groups excluding carboxylic acids is 3. The first-order chi connectivity index (χ1) is 13.6. The summed E-state index contributed by atoms with van der Waals surface area (Å²) in [6.45, 7) is 1.05. The zero-order chi connectivity index (χ0) is 18.8. The molecular formula is C21H25NO6. The molecule has 0 aromatic carbocycles. The van der Waals surface area contributed by atoms with E-state index in [9.17, 15) is 14.4 Å². The fourth-order valence-electron chi connectivity index (χ4n) is 8.89. The van der Waals surface area contributed by atoms with E-state index in [1.165, 1.54) is 0 Å². The van der Waals surface area contributed by atoms with Gasteiger partial charge in [-0.3, -0.25) is 14.4 Å². The number of rotatable bonds is 4. The Balaban J connectivity index is 0.953. The lowest BCUT2D eigenvalue weighted by Gasteiger charge is -2.69. The second-order valence-corrected chi connectivity index (χ2v) is 10.1. The van der Waals surface area contributed by atoms with Crippen LogP contribution in [0.2, 0.25) is 0 Å². The lowest BCUT2D eigenvalue weighted by atomic mass is 9.32. The summed E-state index contributed by atoms with van der Waals surface area (Å²) in [6, 6.07) is 0.0700. The molecule has 1 saturated heterocycles. The fourth-order valence-corrected chi connectivity index (χ4v) is 8.89. The van der Waals surface area contributed by atoms with Gasteiger partial charge in [0, 0.05) is 30.7 Å². The highest BCUT2D eigenvalue weighted by molar-refractivity contribution is 6.03. The second kappa shape index (κ2) is 4.98. The van der Waals surface area contributed by atoms with Crippen molar-refractivity contribution in [2.75, 3.05) is 19.8 Å². The van der Waals surface area contributed by atoms with E-state index >= 15 is 0 Å². The molecule has 0 aromatic rings. The van der Waals surface area contributed by atoms with Crippen LogP contribution in [0.25, 0.3) is 0 Å². The molecule has 7 heteroatoms. The van der Waals surface area contributed by atoms with Crippen LogP contribution in [0.3, 0.4) is 0 Å². The van der Waals surface area contributed by atoms with Crippen LogP contribution in [-0.2, 0) is 28.6 Å². The number of hydrogen-bond acceptors (Lipinski definition) is 6. The third kappa shape index (κ3) is 1.59. The number of ether oxygens (including phenoxy) is 3. The van der Waals surface area contributed by atoms with Crippen molar-refractivity contribution in [3.05, 3.63) is 0 Å². The van der Waals surface area contributed by atoms with Gasteiger partial charge in [-0.15, -0.1) is 0 Å². The van der Waals surface area contributed by atoms with Crippen LogP contribution < -0.4 is 5.32 Å². The van der Waals surface area contributed by atoms with Crippen LogP contribution in [0.15, 0.2) is 0 Å². The van der Waals surface area contributed by atoms with Crippen molar-refractivity contribution in [3.8, 4) is 0 Å². The molecule has 7 saturated carbocycles. The summed E-state index contributed by atoms with van der Waals surface area (Å²) < 4.78 is 16.9. The molecule has 8 atom stereocenters. The molecule has 0 aromatic heterocycles. The van der Waals surface area contributed by atoms with Crippen molar-refractivity contribution in [1.82, 2.24) is 5.32 Å². The third-order valence-corrected chi connectivity index (χ3v) is 9.48. The lowest BCUT2D eigenvalue weighted by Crippen LogP contribution is -2.73. The molecule has 7 aliphatic carbocycles. The van der Waals surface area contributed by atoms with Gasteiger partial charge in [-0.2, -0.15) is 0 Å². The Kier molecular flexibility index (Phi) is 2.91. The van der Waals surface area contributed by atoms with Crippen molar-refractivity contribution in [2.45, 2.75) is 43.9 Å². The average molecular weight is 387 g/mol. The van der Waals surface area contributed by atoms with E-state index in [4.69, 9.17) is 14.2 Å². The summed E-state index contributed by atoms with van der Waals surface area (Å²) in [5, 5.41) is 2.98. The Morgan fingerprint density at radius 3 is 2.57 bits per heavy atom. The number of ketones is 1.